The third kappa shape index (κ3) is 2.85. The molecule has 0 saturated heterocycles. The summed E-state index contributed by atoms with van der Waals surface area (Å²) < 4.78 is 1.84. The summed E-state index contributed by atoms with van der Waals surface area (Å²) in [5.74, 6) is 0.0657. The number of likely N-dealkylation sites (N-methyl/N-ethyl adjacent to an activating group) is 1. The lowest BCUT2D eigenvalue weighted by molar-refractivity contribution is -0.132. The number of hydrogen-bond donors (Lipinski definition) is 1. The first-order chi connectivity index (χ1) is 7.79. The summed E-state index contributed by atoms with van der Waals surface area (Å²) in [6, 6.07) is -0.278. The molecule has 17 heavy (non-hydrogen) atoms. The number of imidazole rings is 1. The van der Waals surface area contributed by atoms with Crippen molar-refractivity contribution in [1.29, 1.82) is 0 Å². The van der Waals surface area contributed by atoms with Crippen molar-refractivity contribution >= 4 is 5.91 Å². The molecule has 1 amide bonds. The highest BCUT2D eigenvalue weighted by molar-refractivity contribution is 5.79. The first-order valence-electron chi connectivity index (χ1n) is 5.85. The van der Waals surface area contributed by atoms with Crippen molar-refractivity contribution in [2.75, 3.05) is 13.6 Å². The normalized spacial score (nSPS) is 13.5. The Labute approximate surface area is 103 Å². The summed E-state index contributed by atoms with van der Waals surface area (Å²) in [5.41, 5.74) is 6.42. The second kappa shape index (κ2) is 4.87. The fourth-order valence-corrected chi connectivity index (χ4v) is 1.71. The molecule has 0 saturated carbocycles. The molecule has 1 rings (SSSR count). The fourth-order valence-electron chi connectivity index (χ4n) is 1.71. The lowest BCUT2D eigenvalue weighted by Crippen LogP contribution is -2.37. The highest BCUT2D eigenvalue weighted by Crippen LogP contribution is 2.21. The van der Waals surface area contributed by atoms with Crippen molar-refractivity contribution in [3.8, 4) is 0 Å². The van der Waals surface area contributed by atoms with Gasteiger partial charge in [0.2, 0.25) is 5.91 Å². The Morgan fingerprint density at radius 1 is 1.65 bits per heavy atom. The Balaban J connectivity index is 3.02. The molecular formula is C12H22N4O. The van der Waals surface area contributed by atoms with E-state index in [0.717, 1.165) is 5.69 Å². The molecule has 0 aliphatic rings. The lowest BCUT2D eigenvalue weighted by atomic mass is 10.0. The molecule has 0 spiro atoms. The molecule has 1 aromatic heterocycles. The van der Waals surface area contributed by atoms with Gasteiger partial charge in [-0.3, -0.25) is 4.79 Å². The average Bonchev–Trinajstić information content (AvgIpc) is 2.74. The second-order valence-electron chi connectivity index (χ2n) is 4.94. The molecule has 1 aromatic rings. The molecule has 0 aromatic carbocycles. The van der Waals surface area contributed by atoms with Gasteiger partial charge in [-0.15, -0.1) is 0 Å². The standard InChI is InChI=1S/C12H22N4O/c1-6-15(5)11(17)9(2)16-8-14-7-10(16)12(3,4)13/h7-9H,6,13H2,1-5H3. The number of carbonyl (C=O) groups excluding carboxylic acids is 1. The summed E-state index contributed by atoms with van der Waals surface area (Å²) in [5, 5.41) is 0. The van der Waals surface area contributed by atoms with Gasteiger partial charge >= 0.3 is 0 Å². The fraction of sp³-hybridized carbons (Fsp3) is 0.667. The van der Waals surface area contributed by atoms with Crippen LogP contribution in [0.4, 0.5) is 0 Å². The smallest absolute Gasteiger partial charge is 0.245 e. The van der Waals surface area contributed by atoms with Crippen LogP contribution in [-0.4, -0.2) is 34.0 Å². The molecule has 1 heterocycles. The Bertz CT molecular complexity index is 391. The van der Waals surface area contributed by atoms with E-state index in [0.29, 0.717) is 6.54 Å². The van der Waals surface area contributed by atoms with E-state index in [-0.39, 0.29) is 11.9 Å². The Morgan fingerprint density at radius 3 is 2.71 bits per heavy atom. The van der Waals surface area contributed by atoms with Gasteiger partial charge in [-0.2, -0.15) is 0 Å². The zero-order valence-electron chi connectivity index (χ0n) is 11.3. The second-order valence-corrected chi connectivity index (χ2v) is 4.94. The maximum atomic E-state index is 12.1. The Kier molecular flexibility index (Phi) is 3.93. The van der Waals surface area contributed by atoms with E-state index in [4.69, 9.17) is 5.73 Å². The summed E-state index contributed by atoms with van der Waals surface area (Å²) in [7, 11) is 1.79. The topological polar surface area (TPSA) is 64.2 Å². The van der Waals surface area contributed by atoms with Gasteiger partial charge in [0.05, 0.1) is 23.8 Å². The Morgan fingerprint density at radius 2 is 2.24 bits per heavy atom. The maximum absolute atomic E-state index is 12.1. The SMILES string of the molecule is CCN(C)C(=O)C(C)n1cncc1C(C)(C)N. The number of aromatic nitrogens is 2. The molecule has 5 nitrogen and oxygen atoms in total. The van der Waals surface area contributed by atoms with Gasteiger partial charge in [-0.1, -0.05) is 0 Å². The minimum absolute atomic E-state index is 0.0657. The van der Waals surface area contributed by atoms with Crippen LogP contribution in [0.25, 0.3) is 0 Å². The largest absolute Gasteiger partial charge is 0.344 e. The first kappa shape index (κ1) is 13.7. The minimum atomic E-state index is -0.504. The summed E-state index contributed by atoms with van der Waals surface area (Å²) in [6.45, 7) is 8.32. The van der Waals surface area contributed by atoms with Crippen LogP contribution in [0.3, 0.4) is 0 Å². The first-order valence-corrected chi connectivity index (χ1v) is 5.85. The third-order valence-electron chi connectivity index (χ3n) is 2.95. The van der Waals surface area contributed by atoms with Gasteiger partial charge in [-0.05, 0) is 27.7 Å². The maximum Gasteiger partial charge on any atom is 0.245 e. The number of rotatable bonds is 4. The van der Waals surface area contributed by atoms with Crippen molar-refractivity contribution < 1.29 is 4.79 Å². The summed E-state index contributed by atoms with van der Waals surface area (Å²) >= 11 is 0. The minimum Gasteiger partial charge on any atom is -0.344 e. The van der Waals surface area contributed by atoms with Crippen LogP contribution in [-0.2, 0) is 10.3 Å². The molecule has 2 N–H and O–H groups in total. The van der Waals surface area contributed by atoms with Crippen molar-refractivity contribution in [2.45, 2.75) is 39.3 Å². The highest BCUT2D eigenvalue weighted by atomic mass is 16.2. The van der Waals surface area contributed by atoms with Crippen molar-refractivity contribution in [2.24, 2.45) is 5.73 Å². The van der Waals surface area contributed by atoms with Gasteiger partial charge < -0.3 is 15.2 Å². The van der Waals surface area contributed by atoms with E-state index < -0.39 is 5.54 Å². The molecule has 0 fully saturated rings. The molecule has 1 unspecified atom stereocenters. The quantitative estimate of drug-likeness (QED) is 0.854. The van der Waals surface area contributed by atoms with Gasteiger partial charge in [0.1, 0.15) is 6.04 Å². The van der Waals surface area contributed by atoms with Crippen molar-refractivity contribution in [3.05, 3.63) is 18.2 Å². The molecule has 96 valence electrons. The molecule has 0 radical (unpaired) electrons. The van der Waals surface area contributed by atoms with E-state index in [1.807, 2.05) is 32.3 Å². The molecule has 5 heteroatoms. The molecular weight excluding hydrogens is 216 g/mol. The number of nitrogens with zero attached hydrogens (tertiary/aromatic N) is 3. The summed E-state index contributed by atoms with van der Waals surface area (Å²) in [4.78, 5) is 17.9. The van der Waals surface area contributed by atoms with Crippen LogP contribution >= 0.6 is 0 Å². The van der Waals surface area contributed by atoms with E-state index in [9.17, 15) is 4.79 Å². The van der Waals surface area contributed by atoms with Crippen LogP contribution in [0.2, 0.25) is 0 Å². The zero-order chi connectivity index (χ0) is 13.2. The van der Waals surface area contributed by atoms with E-state index in [1.165, 1.54) is 0 Å². The highest BCUT2D eigenvalue weighted by Gasteiger charge is 2.25. The average molecular weight is 238 g/mol. The van der Waals surface area contributed by atoms with Crippen LogP contribution in [0.5, 0.6) is 0 Å². The van der Waals surface area contributed by atoms with E-state index >= 15 is 0 Å². The zero-order valence-corrected chi connectivity index (χ0v) is 11.3. The van der Waals surface area contributed by atoms with Crippen molar-refractivity contribution in [3.63, 3.8) is 0 Å². The van der Waals surface area contributed by atoms with Gasteiger partial charge in [0.15, 0.2) is 0 Å². The Hall–Kier alpha value is -1.36. The summed E-state index contributed by atoms with van der Waals surface area (Å²) in [6.07, 6.45) is 3.38. The predicted molar refractivity (Wildman–Crippen MR) is 67.5 cm³/mol. The monoisotopic (exact) mass is 238 g/mol. The molecule has 1 atom stereocenters. The lowest BCUT2D eigenvalue weighted by Gasteiger charge is -2.26. The molecule has 0 aliphatic carbocycles. The van der Waals surface area contributed by atoms with Gasteiger partial charge in [-0.25, -0.2) is 4.98 Å². The van der Waals surface area contributed by atoms with Crippen LogP contribution in [0.15, 0.2) is 12.5 Å². The molecule has 0 aliphatic heterocycles. The van der Waals surface area contributed by atoms with Crippen molar-refractivity contribution in [1.82, 2.24) is 14.5 Å². The van der Waals surface area contributed by atoms with E-state index in [1.54, 1.807) is 24.5 Å². The third-order valence-corrected chi connectivity index (χ3v) is 2.95. The number of hydrogen-bond acceptors (Lipinski definition) is 3. The van der Waals surface area contributed by atoms with Crippen LogP contribution in [0, 0.1) is 0 Å². The van der Waals surface area contributed by atoms with Crippen LogP contribution < -0.4 is 5.73 Å². The van der Waals surface area contributed by atoms with E-state index in [2.05, 4.69) is 4.98 Å². The number of carbonyl (C=O) groups is 1. The number of nitrogens with two attached hydrogens (primary N) is 1. The molecule has 0 bridgehead atoms. The van der Waals surface area contributed by atoms with Gasteiger partial charge in [0.25, 0.3) is 0 Å². The van der Waals surface area contributed by atoms with Crippen LogP contribution in [0.1, 0.15) is 39.4 Å². The number of amides is 1. The van der Waals surface area contributed by atoms with Gasteiger partial charge in [0, 0.05) is 13.6 Å². The predicted octanol–water partition coefficient (Wildman–Crippen LogP) is 1.12.